The van der Waals surface area contributed by atoms with Crippen molar-refractivity contribution in [3.8, 4) is 0 Å². The van der Waals surface area contributed by atoms with Crippen molar-refractivity contribution in [2.75, 3.05) is 17.6 Å². The Morgan fingerprint density at radius 2 is 2.25 bits per heavy atom. The van der Waals surface area contributed by atoms with Crippen LogP contribution in [-0.2, 0) is 0 Å². The smallest absolute Gasteiger partial charge is 0.135 e. The first-order chi connectivity index (χ1) is 7.74. The minimum absolute atomic E-state index is 0.636. The van der Waals surface area contributed by atoms with Crippen molar-refractivity contribution in [1.29, 1.82) is 0 Å². The maximum absolute atomic E-state index is 6.15. The zero-order chi connectivity index (χ0) is 11.5. The number of pyridine rings is 1. The number of halogens is 1. The van der Waals surface area contributed by atoms with Crippen LogP contribution < -0.4 is 11.1 Å². The molecule has 0 aliphatic carbocycles. The molecule has 0 saturated heterocycles. The largest absolute Gasteiger partial charge is 0.398 e. The van der Waals surface area contributed by atoms with Crippen LogP contribution in [-0.4, -0.2) is 11.5 Å². The Balaban J connectivity index is 2.65. The van der Waals surface area contributed by atoms with Gasteiger partial charge in [0.2, 0.25) is 0 Å². The van der Waals surface area contributed by atoms with Gasteiger partial charge in [-0.05, 0) is 18.2 Å². The number of hydrogen-bond acceptors (Lipinski definition) is 3. The van der Waals surface area contributed by atoms with Gasteiger partial charge < -0.3 is 11.1 Å². The van der Waals surface area contributed by atoms with Crippen molar-refractivity contribution < 1.29 is 0 Å². The lowest BCUT2D eigenvalue weighted by atomic mass is 10.1. The van der Waals surface area contributed by atoms with Gasteiger partial charge in [-0.3, -0.25) is 0 Å². The quantitative estimate of drug-likeness (QED) is 0.633. The summed E-state index contributed by atoms with van der Waals surface area (Å²) in [5.41, 5.74) is 6.59. The molecule has 0 bridgehead atoms. The lowest BCUT2D eigenvalue weighted by Gasteiger charge is -2.09. The normalized spacial score (nSPS) is 10.3. The Morgan fingerprint density at radius 1 is 1.44 bits per heavy atom. The van der Waals surface area contributed by atoms with Crippen molar-refractivity contribution in [3.63, 3.8) is 0 Å². The summed E-state index contributed by atoms with van der Waals surface area (Å²) >= 11 is 6.15. The average Bonchev–Trinajstić information content (AvgIpc) is 2.31. The number of anilines is 2. The minimum atomic E-state index is 0.636. The number of aromatic nitrogens is 1. The van der Waals surface area contributed by atoms with Crippen LogP contribution in [0.1, 0.15) is 0 Å². The predicted octanol–water partition coefficient (Wildman–Crippen LogP) is 3.07. The summed E-state index contributed by atoms with van der Waals surface area (Å²) in [6.45, 7) is 4.28. The second-order valence-corrected chi connectivity index (χ2v) is 3.80. The highest BCUT2D eigenvalue weighted by molar-refractivity contribution is 6.37. The fourth-order valence-corrected chi connectivity index (χ4v) is 1.84. The standard InChI is InChI=1S/C12H12ClN3/c1-2-6-15-12-11-8(5-7-16-12)10(14)4-3-9(11)13/h2-5,7H,1,6,14H2,(H,15,16). The number of benzene rings is 1. The van der Waals surface area contributed by atoms with Crippen LogP contribution in [0.15, 0.2) is 37.1 Å². The van der Waals surface area contributed by atoms with E-state index in [-0.39, 0.29) is 0 Å². The molecule has 4 heteroatoms. The Bertz CT molecular complexity index is 537. The molecule has 1 heterocycles. The van der Waals surface area contributed by atoms with Crippen LogP contribution in [0.3, 0.4) is 0 Å². The molecule has 2 aromatic rings. The molecule has 1 aromatic heterocycles. The molecular weight excluding hydrogens is 222 g/mol. The van der Waals surface area contributed by atoms with E-state index in [1.165, 1.54) is 0 Å². The fourth-order valence-electron chi connectivity index (χ4n) is 1.58. The monoisotopic (exact) mass is 233 g/mol. The molecule has 1 aromatic carbocycles. The van der Waals surface area contributed by atoms with Crippen LogP contribution in [0, 0.1) is 0 Å². The zero-order valence-electron chi connectivity index (χ0n) is 8.70. The predicted molar refractivity (Wildman–Crippen MR) is 69.9 cm³/mol. The number of rotatable bonds is 3. The molecule has 0 amide bonds. The molecule has 16 heavy (non-hydrogen) atoms. The van der Waals surface area contributed by atoms with Crippen LogP contribution >= 0.6 is 11.6 Å². The summed E-state index contributed by atoms with van der Waals surface area (Å²) in [5, 5.41) is 5.54. The number of nitrogen functional groups attached to an aromatic ring is 1. The molecule has 0 spiro atoms. The van der Waals surface area contributed by atoms with Gasteiger partial charge in [-0.15, -0.1) is 6.58 Å². The topological polar surface area (TPSA) is 50.9 Å². The van der Waals surface area contributed by atoms with E-state index in [0.717, 1.165) is 16.6 Å². The van der Waals surface area contributed by atoms with E-state index < -0.39 is 0 Å². The van der Waals surface area contributed by atoms with E-state index >= 15 is 0 Å². The molecule has 3 nitrogen and oxygen atoms in total. The summed E-state index contributed by atoms with van der Waals surface area (Å²) in [5.74, 6) is 0.731. The third-order valence-corrected chi connectivity index (χ3v) is 2.64. The summed E-state index contributed by atoms with van der Waals surface area (Å²) in [6.07, 6.45) is 3.47. The first kappa shape index (κ1) is 10.8. The average molecular weight is 234 g/mol. The Labute approximate surface area is 98.9 Å². The molecule has 3 N–H and O–H groups in total. The highest BCUT2D eigenvalue weighted by Crippen LogP contribution is 2.32. The van der Waals surface area contributed by atoms with Gasteiger partial charge in [0.1, 0.15) is 5.82 Å². The van der Waals surface area contributed by atoms with Crippen LogP contribution in [0.25, 0.3) is 10.8 Å². The van der Waals surface area contributed by atoms with Gasteiger partial charge in [0, 0.05) is 29.2 Å². The summed E-state index contributed by atoms with van der Waals surface area (Å²) < 4.78 is 0. The van der Waals surface area contributed by atoms with Gasteiger partial charge in [-0.2, -0.15) is 0 Å². The van der Waals surface area contributed by atoms with Crippen LogP contribution in [0.2, 0.25) is 5.02 Å². The third kappa shape index (κ3) is 1.82. The highest BCUT2D eigenvalue weighted by atomic mass is 35.5. The van der Waals surface area contributed by atoms with Crippen molar-refractivity contribution in [3.05, 3.63) is 42.1 Å². The summed E-state index contributed by atoms with van der Waals surface area (Å²) in [7, 11) is 0. The summed E-state index contributed by atoms with van der Waals surface area (Å²) in [4.78, 5) is 4.25. The summed E-state index contributed by atoms with van der Waals surface area (Å²) in [6, 6.07) is 5.43. The van der Waals surface area contributed by atoms with E-state index in [0.29, 0.717) is 17.3 Å². The SMILES string of the molecule is C=CCNc1nccc2c(N)ccc(Cl)c12. The number of nitrogens with one attached hydrogen (secondary N) is 1. The molecule has 0 unspecified atom stereocenters. The van der Waals surface area contributed by atoms with E-state index in [9.17, 15) is 0 Å². The van der Waals surface area contributed by atoms with Crippen LogP contribution in [0.4, 0.5) is 11.5 Å². The Morgan fingerprint density at radius 3 is 3.00 bits per heavy atom. The van der Waals surface area contributed by atoms with Crippen molar-refractivity contribution in [1.82, 2.24) is 4.98 Å². The molecule has 0 saturated carbocycles. The van der Waals surface area contributed by atoms with E-state index in [1.54, 1.807) is 24.4 Å². The number of nitrogens with zero attached hydrogens (tertiary/aromatic N) is 1. The van der Waals surface area contributed by atoms with E-state index in [2.05, 4.69) is 16.9 Å². The molecule has 2 rings (SSSR count). The number of nitrogens with two attached hydrogens (primary N) is 1. The Hall–Kier alpha value is -1.74. The maximum atomic E-state index is 6.15. The lowest BCUT2D eigenvalue weighted by molar-refractivity contribution is 1.25. The lowest BCUT2D eigenvalue weighted by Crippen LogP contribution is -2.01. The first-order valence-electron chi connectivity index (χ1n) is 4.91. The van der Waals surface area contributed by atoms with Crippen molar-refractivity contribution >= 4 is 33.9 Å². The van der Waals surface area contributed by atoms with Crippen molar-refractivity contribution in [2.24, 2.45) is 0 Å². The van der Waals surface area contributed by atoms with Gasteiger partial charge in [0.25, 0.3) is 0 Å². The molecule has 0 fully saturated rings. The molecule has 82 valence electrons. The van der Waals surface area contributed by atoms with Gasteiger partial charge in [-0.25, -0.2) is 4.98 Å². The molecular formula is C12H12ClN3. The van der Waals surface area contributed by atoms with Gasteiger partial charge in [0.15, 0.2) is 0 Å². The van der Waals surface area contributed by atoms with Crippen molar-refractivity contribution in [2.45, 2.75) is 0 Å². The van der Waals surface area contributed by atoms with Gasteiger partial charge in [0.05, 0.1) is 5.02 Å². The number of hydrogen-bond donors (Lipinski definition) is 2. The second kappa shape index (κ2) is 4.41. The number of fused-ring (bicyclic) bond motifs is 1. The molecule has 0 aliphatic heterocycles. The maximum Gasteiger partial charge on any atom is 0.135 e. The van der Waals surface area contributed by atoms with E-state index in [4.69, 9.17) is 17.3 Å². The third-order valence-electron chi connectivity index (χ3n) is 2.32. The van der Waals surface area contributed by atoms with Gasteiger partial charge >= 0.3 is 0 Å². The fraction of sp³-hybridized carbons (Fsp3) is 0.0833. The van der Waals surface area contributed by atoms with Crippen LogP contribution in [0.5, 0.6) is 0 Å². The first-order valence-corrected chi connectivity index (χ1v) is 5.29. The second-order valence-electron chi connectivity index (χ2n) is 3.39. The molecule has 0 atom stereocenters. The zero-order valence-corrected chi connectivity index (χ0v) is 9.46. The van der Waals surface area contributed by atoms with Gasteiger partial charge in [-0.1, -0.05) is 17.7 Å². The molecule has 0 aliphatic rings. The minimum Gasteiger partial charge on any atom is -0.398 e. The molecule has 0 radical (unpaired) electrons. The highest BCUT2D eigenvalue weighted by Gasteiger charge is 2.07. The Kier molecular flexibility index (Phi) is 2.97. The van der Waals surface area contributed by atoms with E-state index in [1.807, 2.05) is 6.07 Å².